The normalized spacial score (nSPS) is 16.9. The van der Waals surface area contributed by atoms with E-state index in [-0.39, 0.29) is 5.91 Å². The Morgan fingerprint density at radius 3 is 2.81 bits per heavy atom. The standard InChI is InChI=1S/C13H16BrNO/c1-9-4-3-5-10(11(9)14)12(16)15-8-13(2)6-7-13/h3-5H,6-8H2,1-2H3,(H,15,16). The van der Waals surface area contributed by atoms with Crippen molar-refractivity contribution >= 4 is 21.8 Å². The molecule has 1 saturated carbocycles. The third kappa shape index (κ3) is 2.46. The molecule has 1 fully saturated rings. The molecule has 0 atom stereocenters. The van der Waals surface area contributed by atoms with Gasteiger partial charge in [0.25, 0.3) is 5.91 Å². The molecule has 0 bridgehead atoms. The molecule has 0 unspecified atom stereocenters. The van der Waals surface area contributed by atoms with Crippen LogP contribution < -0.4 is 5.32 Å². The van der Waals surface area contributed by atoms with Crippen molar-refractivity contribution in [2.75, 3.05) is 6.54 Å². The van der Waals surface area contributed by atoms with Gasteiger partial charge in [0.1, 0.15) is 0 Å². The number of halogens is 1. The highest BCUT2D eigenvalue weighted by atomic mass is 79.9. The maximum atomic E-state index is 12.0. The first kappa shape index (κ1) is 11.6. The average Bonchev–Trinajstić information content (AvgIpc) is 2.98. The van der Waals surface area contributed by atoms with Gasteiger partial charge in [-0.2, -0.15) is 0 Å². The minimum absolute atomic E-state index is 0.0173. The van der Waals surface area contributed by atoms with Crippen LogP contribution in [0.5, 0.6) is 0 Å². The summed E-state index contributed by atoms with van der Waals surface area (Å²) >= 11 is 3.46. The van der Waals surface area contributed by atoms with Gasteiger partial charge in [-0.1, -0.05) is 19.1 Å². The van der Waals surface area contributed by atoms with E-state index < -0.39 is 0 Å². The van der Waals surface area contributed by atoms with Gasteiger partial charge in [0.05, 0.1) is 5.56 Å². The topological polar surface area (TPSA) is 29.1 Å². The van der Waals surface area contributed by atoms with Gasteiger partial charge < -0.3 is 5.32 Å². The van der Waals surface area contributed by atoms with Crippen molar-refractivity contribution in [3.05, 3.63) is 33.8 Å². The van der Waals surface area contributed by atoms with Crippen LogP contribution in [-0.2, 0) is 0 Å². The Kier molecular flexibility index (Phi) is 3.06. The van der Waals surface area contributed by atoms with Crippen LogP contribution in [0.2, 0.25) is 0 Å². The predicted molar refractivity (Wildman–Crippen MR) is 68.6 cm³/mol. The zero-order chi connectivity index (χ0) is 11.8. The summed E-state index contributed by atoms with van der Waals surface area (Å²) < 4.78 is 0.897. The van der Waals surface area contributed by atoms with Crippen LogP contribution in [0.25, 0.3) is 0 Å². The predicted octanol–water partition coefficient (Wildman–Crippen LogP) is 3.29. The minimum atomic E-state index is 0.0173. The summed E-state index contributed by atoms with van der Waals surface area (Å²) in [5.74, 6) is 0.0173. The van der Waals surface area contributed by atoms with Gasteiger partial charge in [-0.3, -0.25) is 4.79 Å². The molecule has 2 rings (SSSR count). The number of carbonyl (C=O) groups excluding carboxylic acids is 1. The summed E-state index contributed by atoms with van der Waals surface area (Å²) in [6.45, 7) is 4.98. The second-order valence-corrected chi connectivity index (χ2v) is 5.72. The highest BCUT2D eigenvalue weighted by Crippen LogP contribution is 2.44. The second kappa shape index (κ2) is 4.21. The van der Waals surface area contributed by atoms with Crippen LogP contribution >= 0.6 is 15.9 Å². The fraction of sp³-hybridized carbons (Fsp3) is 0.462. The van der Waals surface area contributed by atoms with E-state index in [0.29, 0.717) is 5.41 Å². The summed E-state index contributed by atoms with van der Waals surface area (Å²) in [4.78, 5) is 12.0. The molecule has 1 aliphatic rings. The van der Waals surface area contributed by atoms with E-state index in [9.17, 15) is 4.79 Å². The maximum Gasteiger partial charge on any atom is 0.252 e. The van der Waals surface area contributed by atoms with E-state index in [1.165, 1.54) is 12.8 Å². The van der Waals surface area contributed by atoms with E-state index in [0.717, 1.165) is 22.1 Å². The molecular formula is C13H16BrNO. The molecule has 2 nitrogen and oxygen atoms in total. The average molecular weight is 282 g/mol. The molecule has 0 aromatic heterocycles. The van der Waals surface area contributed by atoms with Gasteiger partial charge in [-0.25, -0.2) is 0 Å². The van der Waals surface area contributed by atoms with Crippen molar-refractivity contribution < 1.29 is 4.79 Å². The summed E-state index contributed by atoms with van der Waals surface area (Å²) in [6, 6.07) is 5.75. The molecule has 1 aromatic rings. The molecule has 0 heterocycles. The number of hydrogen-bond donors (Lipinski definition) is 1. The van der Waals surface area contributed by atoms with Crippen molar-refractivity contribution in [1.82, 2.24) is 5.32 Å². The maximum absolute atomic E-state index is 12.0. The Hall–Kier alpha value is -0.830. The lowest BCUT2D eigenvalue weighted by molar-refractivity contribution is 0.0945. The summed E-state index contributed by atoms with van der Waals surface area (Å²) in [6.07, 6.45) is 2.45. The third-order valence-corrected chi connectivity index (χ3v) is 4.27. The van der Waals surface area contributed by atoms with Gasteiger partial charge in [-0.05, 0) is 52.7 Å². The largest absolute Gasteiger partial charge is 0.351 e. The number of benzene rings is 1. The second-order valence-electron chi connectivity index (χ2n) is 4.93. The van der Waals surface area contributed by atoms with Gasteiger partial charge in [0.2, 0.25) is 0 Å². The van der Waals surface area contributed by atoms with Gasteiger partial charge in [0.15, 0.2) is 0 Å². The lowest BCUT2D eigenvalue weighted by Crippen LogP contribution is -2.29. The molecule has 0 aliphatic heterocycles. The Morgan fingerprint density at radius 2 is 2.19 bits per heavy atom. The monoisotopic (exact) mass is 281 g/mol. The van der Waals surface area contributed by atoms with Crippen molar-refractivity contribution in [3.8, 4) is 0 Å². The van der Waals surface area contributed by atoms with Crippen LogP contribution in [0, 0.1) is 12.3 Å². The third-order valence-electron chi connectivity index (χ3n) is 3.22. The minimum Gasteiger partial charge on any atom is -0.351 e. The van der Waals surface area contributed by atoms with Gasteiger partial charge in [0, 0.05) is 11.0 Å². The zero-order valence-electron chi connectivity index (χ0n) is 9.64. The number of amides is 1. The molecule has 16 heavy (non-hydrogen) atoms. The van der Waals surface area contributed by atoms with E-state index in [2.05, 4.69) is 28.2 Å². The number of hydrogen-bond acceptors (Lipinski definition) is 1. The van der Waals surface area contributed by atoms with E-state index in [1.54, 1.807) is 0 Å². The van der Waals surface area contributed by atoms with Gasteiger partial charge in [-0.15, -0.1) is 0 Å². The lowest BCUT2D eigenvalue weighted by Gasteiger charge is -2.11. The zero-order valence-corrected chi connectivity index (χ0v) is 11.2. The molecule has 0 saturated heterocycles. The Balaban J connectivity index is 2.05. The first-order chi connectivity index (χ1) is 7.52. The van der Waals surface area contributed by atoms with Crippen LogP contribution in [0.15, 0.2) is 22.7 Å². The molecule has 0 radical (unpaired) electrons. The highest BCUT2D eigenvalue weighted by Gasteiger charge is 2.37. The summed E-state index contributed by atoms with van der Waals surface area (Å²) in [5.41, 5.74) is 2.17. The number of rotatable bonds is 3. The lowest BCUT2D eigenvalue weighted by atomic mass is 10.1. The fourth-order valence-corrected chi connectivity index (χ4v) is 2.05. The van der Waals surface area contributed by atoms with Gasteiger partial charge >= 0.3 is 0 Å². The smallest absolute Gasteiger partial charge is 0.252 e. The molecule has 1 amide bonds. The van der Waals surface area contributed by atoms with Crippen LogP contribution in [0.4, 0.5) is 0 Å². The number of carbonyl (C=O) groups is 1. The van der Waals surface area contributed by atoms with Crippen LogP contribution in [-0.4, -0.2) is 12.5 Å². The quantitative estimate of drug-likeness (QED) is 0.905. The van der Waals surface area contributed by atoms with E-state index in [1.807, 2.05) is 25.1 Å². The first-order valence-electron chi connectivity index (χ1n) is 5.55. The Labute approximate surface area is 105 Å². The molecule has 1 aliphatic carbocycles. The SMILES string of the molecule is Cc1cccc(C(=O)NCC2(C)CC2)c1Br. The molecular weight excluding hydrogens is 266 g/mol. The van der Waals surface area contributed by atoms with Crippen LogP contribution in [0.3, 0.4) is 0 Å². The molecule has 1 N–H and O–H groups in total. The van der Waals surface area contributed by atoms with Crippen molar-refractivity contribution in [3.63, 3.8) is 0 Å². The van der Waals surface area contributed by atoms with Crippen molar-refractivity contribution in [2.24, 2.45) is 5.41 Å². The Morgan fingerprint density at radius 1 is 1.50 bits per heavy atom. The molecule has 86 valence electrons. The van der Waals surface area contributed by atoms with Crippen molar-refractivity contribution in [2.45, 2.75) is 26.7 Å². The number of aryl methyl sites for hydroxylation is 1. The molecule has 1 aromatic carbocycles. The number of nitrogens with one attached hydrogen (secondary N) is 1. The first-order valence-corrected chi connectivity index (χ1v) is 6.34. The highest BCUT2D eigenvalue weighted by molar-refractivity contribution is 9.10. The van der Waals surface area contributed by atoms with E-state index >= 15 is 0 Å². The Bertz CT molecular complexity index is 424. The fourth-order valence-electron chi connectivity index (χ4n) is 1.60. The van der Waals surface area contributed by atoms with E-state index in [4.69, 9.17) is 0 Å². The summed E-state index contributed by atoms with van der Waals surface area (Å²) in [7, 11) is 0. The summed E-state index contributed by atoms with van der Waals surface area (Å²) in [5, 5.41) is 3.00. The molecule has 0 spiro atoms. The van der Waals surface area contributed by atoms with Crippen LogP contribution in [0.1, 0.15) is 35.7 Å². The van der Waals surface area contributed by atoms with Crippen molar-refractivity contribution in [1.29, 1.82) is 0 Å². The molecule has 3 heteroatoms.